The van der Waals surface area contributed by atoms with Gasteiger partial charge < -0.3 is 10.8 Å². The summed E-state index contributed by atoms with van der Waals surface area (Å²) in [5.41, 5.74) is 6.23. The molecule has 0 radical (unpaired) electrons. The Morgan fingerprint density at radius 3 is 2.44 bits per heavy atom. The van der Waals surface area contributed by atoms with Crippen molar-refractivity contribution in [3.63, 3.8) is 0 Å². The van der Waals surface area contributed by atoms with Gasteiger partial charge in [-0.25, -0.2) is 0 Å². The Labute approximate surface area is 98.4 Å². The Balaban J connectivity index is 3.00. The van der Waals surface area contributed by atoms with Crippen LogP contribution in [0.3, 0.4) is 0 Å². The normalized spacial score (nSPS) is 34.9. The molecule has 0 aromatic rings. The average Bonchev–Trinajstić information content (AvgIpc) is 2.34. The minimum Gasteiger partial charge on any atom is -0.481 e. The fourth-order valence-electron chi connectivity index (χ4n) is 3.72. The minimum atomic E-state index is -0.714. The third-order valence-corrected chi connectivity index (χ3v) is 4.31. The number of carbonyl (C=O) groups is 1. The van der Waals surface area contributed by atoms with E-state index in [0.29, 0.717) is 5.92 Å². The molecule has 3 unspecified atom stereocenters. The molecular weight excluding hydrogens is 202 g/mol. The molecule has 0 aliphatic heterocycles. The second-order valence-corrected chi connectivity index (χ2v) is 6.26. The number of nitrogens with two attached hydrogens (primary N) is 1. The molecule has 1 aliphatic carbocycles. The Hall–Kier alpha value is -0.570. The van der Waals surface area contributed by atoms with Crippen molar-refractivity contribution in [1.82, 2.24) is 0 Å². The van der Waals surface area contributed by atoms with Crippen molar-refractivity contribution in [3.8, 4) is 0 Å². The molecular formula is C13H25NO2. The number of carboxylic acid groups (broad SMARTS) is 1. The van der Waals surface area contributed by atoms with E-state index in [1.54, 1.807) is 0 Å². The first-order valence-electron chi connectivity index (χ1n) is 6.21. The lowest BCUT2D eigenvalue weighted by Gasteiger charge is -2.38. The van der Waals surface area contributed by atoms with E-state index in [1.807, 2.05) is 6.92 Å². The molecule has 0 aromatic carbocycles. The summed E-state index contributed by atoms with van der Waals surface area (Å²) in [4.78, 5) is 11.1. The van der Waals surface area contributed by atoms with Gasteiger partial charge in [0.1, 0.15) is 0 Å². The van der Waals surface area contributed by atoms with Crippen LogP contribution in [-0.4, -0.2) is 17.1 Å². The molecule has 0 amide bonds. The van der Waals surface area contributed by atoms with E-state index in [2.05, 4.69) is 20.8 Å². The van der Waals surface area contributed by atoms with Gasteiger partial charge in [-0.05, 0) is 36.0 Å². The van der Waals surface area contributed by atoms with Crippen molar-refractivity contribution in [2.24, 2.45) is 22.5 Å². The molecule has 1 saturated carbocycles. The highest BCUT2D eigenvalue weighted by Crippen LogP contribution is 2.56. The largest absolute Gasteiger partial charge is 0.481 e. The highest BCUT2D eigenvalue weighted by Gasteiger charge is 2.52. The molecule has 0 spiro atoms. The molecule has 0 heterocycles. The maximum Gasteiger partial charge on any atom is 0.303 e. The smallest absolute Gasteiger partial charge is 0.303 e. The summed E-state index contributed by atoms with van der Waals surface area (Å²) in [6.45, 7) is 8.64. The van der Waals surface area contributed by atoms with Crippen LogP contribution in [-0.2, 0) is 4.79 Å². The van der Waals surface area contributed by atoms with Gasteiger partial charge >= 0.3 is 5.97 Å². The van der Waals surface area contributed by atoms with Gasteiger partial charge in [-0.3, -0.25) is 4.79 Å². The Bertz CT molecular complexity index is 275. The van der Waals surface area contributed by atoms with Crippen molar-refractivity contribution >= 4 is 5.97 Å². The predicted molar refractivity (Wildman–Crippen MR) is 65.1 cm³/mol. The molecule has 0 saturated heterocycles. The fraction of sp³-hybridized carbons (Fsp3) is 0.923. The van der Waals surface area contributed by atoms with Crippen molar-refractivity contribution in [1.29, 1.82) is 0 Å². The maximum atomic E-state index is 11.1. The zero-order chi connectivity index (χ0) is 12.6. The number of hydrogen-bond acceptors (Lipinski definition) is 2. The molecule has 3 N–H and O–H groups in total. The van der Waals surface area contributed by atoms with E-state index >= 15 is 0 Å². The predicted octanol–water partition coefficient (Wildman–Crippen LogP) is 2.64. The SMILES string of the molecule is CCC(N)C1(CC(=O)O)CC(C)(C)CC1C. The second kappa shape index (κ2) is 4.36. The topological polar surface area (TPSA) is 63.3 Å². The number of carboxylic acids is 1. The third-order valence-electron chi connectivity index (χ3n) is 4.31. The molecule has 1 rings (SSSR count). The molecule has 3 heteroatoms. The van der Waals surface area contributed by atoms with Crippen LogP contribution in [0.5, 0.6) is 0 Å². The summed E-state index contributed by atoms with van der Waals surface area (Å²) < 4.78 is 0. The van der Waals surface area contributed by atoms with Gasteiger partial charge in [0, 0.05) is 6.04 Å². The molecule has 0 bridgehead atoms. The molecule has 1 fully saturated rings. The molecule has 0 aromatic heterocycles. The highest BCUT2D eigenvalue weighted by molar-refractivity contribution is 5.68. The highest BCUT2D eigenvalue weighted by atomic mass is 16.4. The second-order valence-electron chi connectivity index (χ2n) is 6.26. The van der Waals surface area contributed by atoms with Crippen molar-refractivity contribution < 1.29 is 9.90 Å². The maximum absolute atomic E-state index is 11.1. The van der Waals surface area contributed by atoms with Gasteiger partial charge in [-0.2, -0.15) is 0 Å². The first kappa shape index (κ1) is 13.5. The molecule has 94 valence electrons. The van der Waals surface area contributed by atoms with E-state index in [-0.39, 0.29) is 23.3 Å². The van der Waals surface area contributed by atoms with E-state index in [1.165, 1.54) is 0 Å². The number of rotatable bonds is 4. The summed E-state index contributed by atoms with van der Waals surface area (Å²) in [5.74, 6) is -0.318. The first-order valence-corrected chi connectivity index (χ1v) is 6.21. The Morgan fingerprint density at radius 1 is 1.56 bits per heavy atom. The zero-order valence-electron chi connectivity index (χ0n) is 10.9. The van der Waals surface area contributed by atoms with Gasteiger partial charge in [0.2, 0.25) is 0 Å². The number of hydrogen-bond donors (Lipinski definition) is 2. The summed E-state index contributed by atoms with van der Waals surface area (Å²) in [6.07, 6.45) is 3.08. The molecule has 16 heavy (non-hydrogen) atoms. The van der Waals surface area contributed by atoms with Gasteiger partial charge in [-0.15, -0.1) is 0 Å². The van der Waals surface area contributed by atoms with E-state index in [9.17, 15) is 4.79 Å². The standard InChI is InChI=1S/C13H25NO2/c1-5-10(14)13(7-11(15)16)8-12(3,4)6-9(13)2/h9-10H,5-8,14H2,1-4H3,(H,15,16). The molecule has 3 atom stereocenters. The summed E-state index contributed by atoms with van der Waals surface area (Å²) in [6, 6.07) is 0.000347. The minimum absolute atomic E-state index is 0.000347. The van der Waals surface area contributed by atoms with Crippen LogP contribution in [0, 0.1) is 16.7 Å². The van der Waals surface area contributed by atoms with Crippen LogP contribution in [0.2, 0.25) is 0 Å². The van der Waals surface area contributed by atoms with Crippen molar-refractivity contribution in [2.45, 2.75) is 59.4 Å². The van der Waals surface area contributed by atoms with Gasteiger partial charge in [0.15, 0.2) is 0 Å². The van der Waals surface area contributed by atoms with Crippen LogP contribution in [0.4, 0.5) is 0 Å². The lowest BCUT2D eigenvalue weighted by Crippen LogP contribution is -2.45. The molecule has 1 aliphatic rings. The summed E-state index contributed by atoms with van der Waals surface area (Å²) >= 11 is 0. The Kier molecular flexibility index (Phi) is 3.68. The van der Waals surface area contributed by atoms with E-state index in [4.69, 9.17) is 10.8 Å². The van der Waals surface area contributed by atoms with E-state index < -0.39 is 5.97 Å². The summed E-state index contributed by atoms with van der Waals surface area (Å²) in [7, 11) is 0. The van der Waals surface area contributed by atoms with Gasteiger partial charge in [-0.1, -0.05) is 27.7 Å². The lowest BCUT2D eigenvalue weighted by atomic mass is 9.68. The fourth-order valence-corrected chi connectivity index (χ4v) is 3.72. The van der Waals surface area contributed by atoms with Crippen LogP contribution >= 0.6 is 0 Å². The van der Waals surface area contributed by atoms with Gasteiger partial charge in [0.05, 0.1) is 6.42 Å². The lowest BCUT2D eigenvalue weighted by molar-refractivity contribution is -0.141. The van der Waals surface area contributed by atoms with Crippen LogP contribution in [0.1, 0.15) is 53.4 Å². The van der Waals surface area contributed by atoms with Crippen molar-refractivity contribution in [3.05, 3.63) is 0 Å². The average molecular weight is 227 g/mol. The van der Waals surface area contributed by atoms with Gasteiger partial charge in [0.25, 0.3) is 0 Å². The van der Waals surface area contributed by atoms with Crippen LogP contribution in [0.15, 0.2) is 0 Å². The Morgan fingerprint density at radius 2 is 2.12 bits per heavy atom. The van der Waals surface area contributed by atoms with Crippen molar-refractivity contribution in [2.75, 3.05) is 0 Å². The van der Waals surface area contributed by atoms with Crippen LogP contribution < -0.4 is 5.73 Å². The van der Waals surface area contributed by atoms with Crippen LogP contribution in [0.25, 0.3) is 0 Å². The number of aliphatic carboxylic acids is 1. The first-order chi connectivity index (χ1) is 7.23. The zero-order valence-corrected chi connectivity index (χ0v) is 10.9. The quantitative estimate of drug-likeness (QED) is 0.776. The van der Waals surface area contributed by atoms with E-state index in [0.717, 1.165) is 19.3 Å². The monoisotopic (exact) mass is 227 g/mol. The molecule has 3 nitrogen and oxygen atoms in total. The summed E-state index contributed by atoms with van der Waals surface area (Å²) in [5, 5.41) is 9.12. The third kappa shape index (κ3) is 2.40.